The average Bonchev–Trinajstić information content (AvgIpc) is 2.40. The molecule has 1 rings (SSSR count). The van der Waals surface area contributed by atoms with Crippen molar-refractivity contribution in [2.75, 3.05) is 13.3 Å². The number of hydrogen-bond donors (Lipinski definition) is 0. The van der Waals surface area contributed by atoms with Gasteiger partial charge in [0, 0.05) is 0 Å². The molecule has 0 nitrogen and oxygen atoms in total. The molecule has 0 atom stereocenters. The van der Waals surface area contributed by atoms with Crippen LogP contribution in [0, 0.1) is 0 Å². The second-order valence-corrected chi connectivity index (χ2v) is 24.4. The van der Waals surface area contributed by atoms with E-state index in [9.17, 15) is 0 Å². The standard InChI is InChI=1S/C24H48P2/c1-21(2,3)25(13,22(4,5)6)19-17-15-16-18-20(19)26(14,23(7,8)9)24(10,11)12/h15-18,25-26H,1-14H3. The summed E-state index contributed by atoms with van der Waals surface area (Å²) in [5, 5.41) is 4.69. The van der Waals surface area contributed by atoms with Gasteiger partial charge in [-0.25, -0.2) is 0 Å². The van der Waals surface area contributed by atoms with Crippen LogP contribution < -0.4 is 10.6 Å². The molecule has 154 valence electrons. The topological polar surface area (TPSA) is 0 Å². The van der Waals surface area contributed by atoms with Crippen LogP contribution >= 0.6 is 14.5 Å². The van der Waals surface area contributed by atoms with E-state index in [-0.39, 0.29) is 0 Å². The normalized spacial score (nSPS) is 16.5. The zero-order valence-corrected chi connectivity index (χ0v) is 22.3. The Kier molecular flexibility index (Phi) is 6.35. The van der Waals surface area contributed by atoms with E-state index in [4.69, 9.17) is 0 Å². The molecule has 0 aromatic heterocycles. The quantitative estimate of drug-likeness (QED) is 0.476. The molecule has 26 heavy (non-hydrogen) atoms. The average molecular weight is 399 g/mol. The van der Waals surface area contributed by atoms with Gasteiger partial charge in [0.2, 0.25) is 0 Å². The van der Waals surface area contributed by atoms with Crippen LogP contribution in [0.4, 0.5) is 0 Å². The van der Waals surface area contributed by atoms with Crippen molar-refractivity contribution >= 4 is 25.1 Å². The van der Waals surface area contributed by atoms with Crippen LogP contribution in [-0.2, 0) is 0 Å². The van der Waals surface area contributed by atoms with Crippen molar-refractivity contribution in [3.8, 4) is 0 Å². The van der Waals surface area contributed by atoms with E-state index in [1.54, 1.807) is 10.6 Å². The summed E-state index contributed by atoms with van der Waals surface area (Å²) in [6, 6.07) is 9.59. The molecule has 1 aromatic carbocycles. The van der Waals surface area contributed by atoms with Gasteiger partial charge in [0.25, 0.3) is 0 Å². The molecule has 2 heteroatoms. The van der Waals surface area contributed by atoms with Crippen molar-refractivity contribution in [3.63, 3.8) is 0 Å². The van der Waals surface area contributed by atoms with E-state index in [0.29, 0.717) is 20.6 Å². The molecule has 0 heterocycles. The van der Waals surface area contributed by atoms with Crippen LogP contribution in [0.15, 0.2) is 24.3 Å². The summed E-state index contributed by atoms with van der Waals surface area (Å²) in [4.78, 5) is 0. The van der Waals surface area contributed by atoms with Crippen molar-refractivity contribution < 1.29 is 0 Å². The van der Waals surface area contributed by atoms with E-state index < -0.39 is 14.5 Å². The third-order valence-electron chi connectivity index (χ3n) is 8.00. The first-order valence-electron chi connectivity index (χ1n) is 10.3. The van der Waals surface area contributed by atoms with Gasteiger partial charge < -0.3 is 0 Å². The molecule has 0 unspecified atom stereocenters. The fourth-order valence-corrected chi connectivity index (χ4v) is 16.6. The summed E-state index contributed by atoms with van der Waals surface area (Å²) in [5.41, 5.74) is 0. The Morgan fingerprint density at radius 2 is 0.654 bits per heavy atom. The number of hydrogen-bond acceptors (Lipinski definition) is 0. The molecule has 0 saturated carbocycles. The molecule has 0 fully saturated rings. The third kappa shape index (κ3) is 3.67. The number of benzene rings is 1. The van der Waals surface area contributed by atoms with Crippen LogP contribution in [0.5, 0.6) is 0 Å². The monoisotopic (exact) mass is 398 g/mol. The molecule has 0 saturated heterocycles. The van der Waals surface area contributed by atoms with Gasteiger partial charge in [-0.05, 0) is 0 Å². The summed E-state index contributed by atoms with van der Waals surface area (Å²) in [6.45, 7) is 35.1. The Labute approximate surface area is 166 Å². The molecule has 0 aliphatic heterocycles. The molecule has 0 spiro atoms. The Morgan fingerprint density at radius 3 is 0.808 bits per heavy atom. The van der Waals surface area contributed by atoms with Crippen LogP contribution in [0.25, 0.3) is 0 Å². The first kappa shape index (κ1) is 24.1. The van der Waals surface area contributed by atoms with E-state index in [2.05, 4.69) is 121 Å². The first-order valence-corrected chi connectivity index (χ1v) is 15.3. The molecule has 0 aliphatic carbocycles. The summed E-state index contributed by atoms with van der Waals surface area (Å²) in [6.07, 6.45) is 0. The maximum absolute atomic E-state index is 2.64. The van der Waals surface area contributed by atoms with Gasteiger partial charge in [-0.2, -0.15) is 0 Å². The van der Waals surface area contributed by atoms with Gasteiger partial charge in [-0.1, -0.05) is 0 Å². The molecule has 0 radical (unpaired) electrons. The summed E-state index contributed by atoms with van der Waals surface area (Å²) >= 11 is 0. The van der Waals surface area contributed by atoms with Crippen LogP contribution in [0.1, 0.15) is 83.1 Å². The summed E-state index contributed by atoms with van der Waals surface area (Å²) in [7, 11) is -3.61. The Bertz CT molecular complexity index is 543. The van der Waals surface area contributed by atoms with E-state index in [1.807, 2.05) is 0 Å². The van der Waals surface area contributed by atoms with Gasteiger partial charge in [-0.3, -0.25) is 0 Å². The minimum atomic E-state index is -1.81. The summed E-state index contributed by atoms with van der Waals surface area (Å²) in [5.74, 6) is 0. The summed E-state index contributed by atoms with van der Waals surface area (Å²) < 4.78 is 0. The SMILES string of the molecule is CC(C)(C)[PH](C)(c1ccccc1[PH](C)(C(C)(C)C)C(C)(C)C)C(C)(C)C. The zero-order chi connectivity index (χ0) is 21.0. The second kappa shape index (κ2) is 6.85. The molecular weight excluding hydrogens is 350 g/mol. The van der Waals surface area contributed by atoms with Gasteiger partial charge in [0.05, 0.1) is 0 Å². The van der Waals surface area contributed by atoms with Crippen molar-refractivity contribution in [3.05, 3.63) is 24.3 Å². The van der Waals surface area contributed by atoms with E-state index in [1.165, 1.54) is 0 Å². The van der Waals surface area contributed by atoms with Gasteiger partial charge in [0.15, 0.2) is 0 Å². The van der Waals surface area contributed by atoms with Crippen LogP contribution in [-0.4, -0.2) is 34.0 Å². The maximum atomic E-state index is 2.64. The predicted molar refractivity (Wildman–Crippen MR) is 133 cm³/mol. The van der Waals surface area contributed by atoms with E-state index in [0.717, 1.165) is 0 Å². The van der Waals surface area contributed by atoms with E-state index >= 15 is 0 Å². The molecule has 0 aliphatic rings. The van der Waals surface area contributed by atoms with Crippen LogP contribution in [0.3, 0.4) is 0 Å². The van der Waals surface area contributed by atoms with Crippen molar-refractivity contribution in [1.29, 1.82) is 0 Å². The fourth-order valence-electron chi connectivity index (χ4n) is 5.22. The molecule has 0 N–H and O–H groups in total. The molecular formula is C24H48P2. The van der Waals surface area contributed by atoms with Gasteiger partial charge >= 0.3 is 166 Å². The third-order valence-corrected chi connectivity index (χ3v) is 23.3. The zero-order valence-electron chi connectivity index (χ0n) is 20.3. The van der Waals surface area contributed by atoms with Gasteiger partial charge in [0.1, 0.15) is 0 Å². The Hall–Kier alpha value is 0.0800. The molecule has 1 aromatic rings. The Balaban J connectivity index is 4.03. The van der Waals surface area contributed by atoms with Gasteiger partial charge in [-0.15, -0.1) is 0 Å². The first-order chi connectivity index (χ1) is 11.2. The Morgan fingerprint density at radius 1 is 0.462 bits per heavy atom. The minimum absolute atomic E-state index is 0.312. The van der Waals surface area contributed by atoms with Crippen molar-refractivity contribution in [1.82, 2.24) is 0 Å². The fraction of sp³-hybridized carbons (Fsp3) is 0.750. The van der Waals surface area contributed by atoms with Crippen molar-refractivity contribution in [2.45, 2.75) is 104 Å². The second-order valence-electron chi connectivity index (χ2n) is 12.8. The molecule has 0 bridgehead atoms. The molecule has 0 amide bonds. The van der Waals surface area contributed by atoms with Crippen molar-refractivity contribution in [2.24, 2.45) is 0 Å². The number of rotatable bonds is 2. The van der Waals surface area contributed by atoms with Crippen LogP contribution in [0.2, 0.25) is 0 Å². The predicted octanol–water partition coefficient (Wildman–Crippen LogP) is 6.89.